The van der Waals surface area contributed by atoms with Gasteiger partial charge >= 0.3 is 21.1 Å². The monoisotopic (exact) mass is 636 g/mol. The van der Waals surface area contributed by atoms with E-state index in [0.29, 0.717) is 0 Å². The van der Waals surface area contributed by atoms with Crippen LogP contribution in [0.2, 0.25) is 0 Å². The van der Waals surface area contributed by atoms with E-state index >= 15 is 0 Å². The fraction of sp³-hybridized carbons (Fsp3) is 0. The van der Waals surface area contributed by atoms with Gasteiger partial charge in [-0.15, -0.1) is 0 Å². The first-order valence-electron chi connectivity index (χ1n) is 3.06. The van der Waals surface area contributed by atoms with Gasteiger partial charge in [0.2, 0.25) is 0 Å². The maximum Gasteiger partial charge on any atom is 4.00 e. The zero-order valence-corrected chi connectivity index (χ0v) is 15.7. The number of carbonyl (C=O) groups is 5. The van der Waals surface area contributed by atoms with Gasteiger partial charge in [0.15, 0.2) is 0 Å². The van der Waals surface area contributed by atoms with Gasteiger partial charge in [-0.25, -0.2) is 0 Å². The van der Waals surface area contributed by atoms with Gasteiger partial charge < -0.3 is 75.0 Å². The van der Waals surface area contributed by atoms with Gasteiger partial charge in [0, 0.05) is 31.1 Å². The second-order valence-corrected chi connectivity index (χ2v) is 1.25. The number of rotatable bonds is 0. The minimum atomic E-state index is -2.33. The van der Waals surface area contributed by atoms with Gasteiger partial charge in [0.1, 0.15) is 0 Å². The smallest absolute Gasteiger partial charge is 0.652 e. The molecule has 126 valence electrons. The molecule has 0 amide bonds. The van der Waals surface area contributed by atoms with Crippen molar-refractivity contribution < 1.29 is 127 Å². The van der Waals surface area contributed by atoms with Gasteiger partial charge in [-0.2, -0.15) is 0 Å². The summed E-state index contributed by atoms with van der Waals surface area (Å²) in [4.78, 5) is 41.7. The van der Waals surface area contributed by atoms with Crippen LogP contribution in [-0.4, -0.2) is 30.8 Å². The Kier molecular flexibility index (Phi) is 70.8. The van der Waals surface area contributed by atoms with Crippen molar-refractivity contribution in [1.82, 2.24) is 0 Å². The molecule has 0 aromatic carbocycles. The van der Waals surface area contributed by atoms with E-state index in [4.69, 9.17) is 75.0 Å². The topological polar surface area (TPSA) is 316 Å². The van der Waals surface area contributed by atoms with Crippen molar-refractivity contribution in [2.24, 2.45) is 0 Å². The summed E-state index contributed by atoms with van der Waals surface area (Å²) in [7, 11) is 0. The van der Waals surface area contributed by atoms with Crippen molar-refractivity contribution in [2.45, 2.75) is 0 Å². The average Bonchev–Trinajstić information content (AvgIpc) is 1.94. The molecule has 17 heteroatoms. The van der Waals surface area contributed by atoms with E-state index in [1.54, 1.807) is 0 Å². The first kappa shape index (κ1) is 42.7. The number of hydrogen-bond acceptors (Lipinski definition) is 15. The number of carboxylic acid groups (broad SMARTS) is 10. The fourth-order valence-corrected chi connectivity index (χ4v) is 0. The molecule has 0 aromatic heterocycles. The molecule has 15 nitrogen and oxygen atoms in total. The maximum atomic E-state index is 8.33. The molecule has 0 N–H and O–H groups in total. The Balaban J connectivity index is -0.0000000250. The van der Waals surface area contributed by atoms with E-state index in [1.165, 1.54) is 0 Å². The predicted molar refractivity (Wildman–Crippen MR) is 27.0 cm³/mol. The van der Waals surface area contributed by atoms with Crippen LogP contribution in [0.25, 0.3) is 0 Å². The number of carbonyl (C=O) groups excluding carboxylic acids is 5. The molecule has 0 heterocycles. The minimum absolute atomic E-state index is 0. The van der Waals surface area contributed by atoms with E-state index in [9.17, 15) is 0 Å². The summed E-state index contributed by atoms with van der Waals surface area (Å²) in [6.07, 6.45) is -11.7. The van der Waals surface area contributed by atoms with Gasteiger partial charge in [-0.1, -0.05) is 0 Å². The molecular weight excluding hydrogens is 634 g/mol. The molecule has 0 fully saturated rings. The van der Waals surface area contributed by atoms with Gasteiger partial charge in [-0.05, 0) is 30.8 Å². The van der Waals surface area contributed by atoms with Crippen molar-refractivity contribution in [3.8, 4) is 0 Å². The van der Waals surface area contributed by atoms with Crippen molar-refractivity contribution in [3.05, 3.63) is 0 Å². The summed E-state index contributed by atoms with van der Waals surface area (Å²) in [6, 6.07) is 0. The first-order valence-corrected chi connectivity index (χ1v) is 3.06. The molecule has 0 bridgehead atoms. The van der Waals surface area contributed by atoms with Crippen LogP contribution in [0.1, 0.15) is 0 Å². The van der Waals surface area contributed by atoms with Crippen LogP contribution in [0.5, 0.6) is 0 Å². The van der Waals surface area contributed by atoms with E-state index in [1.807, 2.05) is 0 Å². The Morgan fingerprint density at radius 2 is 0.364 bits per heavy atom. The Morgan fingerprint density at radius 3 is 0.364 bits per heavy atom. The van der Waals surface area contributed by atoms with Crippen LogP contribution in [0.3, 0.4) is 0 Å². The van der Waals surface area contributed by atoms with E-state index < -0.39 is 30.8 Å². The first-order chi connectivity index (χ1) is 8.66. The Hall–Kier alpha value is -1.91. The largest absolute Gasteiger partial charge is 4.00 e. The van der Waals surface area contributed by atoms with Crippen LogP contribution in [0, 0.1) is 31.1 Å². The predicted octanol–water partition coefficient (Wildman–Crippen LogP) is -12.2. The molecule has 0 saturated heterocycles. The van der Waals surface area contributed by atoms with E-state index in [-0.39, 0.29) is 52.2 Å². The van der Waals surface area contributed by atoms with Gasteiger partial charge in [-0.3, -0.25) is 0 Å². The van der Waals surface area contributed by atoms with E-state index in [2.05, 4.69) is 0 Å². The van der Waals surface area contributed by atoms with Crippen LogP contribution in [-0.2, 0) is 21.1 Å². The standard InChI is InChI=1S/5CH2O3.Mo.U/c5*2-1(3)4;;/h5*(H2,2,3,4);;/q;;;;;+4;/p-10. The molecule has 0 aliphatic rings. The molecule has 0 aromatic rings. The molecule has 0 aliphatic carbocycles. The summed E-state index contributed by atoms with van der Waals surface area (Å²) in [6.45, 7) is 0. The van der Waals surface area contributed by atoms with Crippen molar-refractivity contribution in [2.75, 3.05) is 0 Å². The summed E-state index contributed by atoms with van der Waals surface area (Å²) >= 11 is 0. The molecule has 0 radical (unpaired) electrons. The molecule has 22 heavy (non-hydrogen) atoms. The van der Waals surface area contributed by atoms with Crippen molar-refractivity contribution >= 4 is 30.8 Å². The second-order valence-electron chi connectivity index (χ2n) is 1.25. The maximum absolute atomic E-state index is 8.33. The Morgan fingerprint density at radius 1 is 0.364 bits per heavy atom. The third-order valence-corrected chi connectivity index (χ3v) is 0. The summed E-state index contributed by atoms with van der Waals surface area (Å²) in [5.41, 5.74) is 0. The Bertz CT molecular complexity index is 213. The molecule has 0 rings (SSSR count). The summed E-state index contributed by atoms with van der Waals surface area (Å²) < 4.78 is 0. The minimum Gasteiger partial charge on any atom is -0.652 e. The zero-order valence-electron chi connectivity index (χ0n) is 9.53. The third kappa shape index (κ3) is 1450. The average molecular weight is 634 g/mol. The molecular formula is C5MoO15U-6. The fourth-order valence-electron chi connectivity index (χ4n) is 0. The summed E-state index contributed by atoms with van der Waals surface area (Å²) in [5, 5.41) is 83.3. The summed E-state index contributed by atoms with van der Waals surface area (Å²) in [5.74, 6) is 0. The SMILES string of the molecule is O=C([O-])[O-].O=C([O-])[O-].O=C([O-])[O-].O=C([O-])[O-].O=C([O-])[O-].[Mo+4].[U]. The normalized spacial score (nSPS) is 5.45. The number of hydrogen-bond donors (Lipinski definition) is 0. The molecule has 0 atom stereocenters. The van der Waals surface area contributed by atoms with Gasteiger partial charge in [0.25, 0.3) is 0 Å². The molecule has 0 spiro atoms. The quantitative estimate of drug-likeness (QED) is 0.223. The molecule has 0 aliphatic heterocycles. The van der Waals surface area contributed by atoms with Crippen molar-refractivity contribution in [1.29, 1.82) is 0 Å². The second kappa shape index (κ2) is 36.5. The molecule has 0 saturated carbocycles. The third-order valence-electron chi connectivity index (χ3n) is 0. The van der Waals surface area contributed by atoms with Gasteiger partial charge in [0.05, 0.1) is 0 Å². The van der Waals surface area contributed by atoms with Crippen LogP contribution in [0.4, 0.5) is 24.0 Å². The van der Waals surface area contributed by atoms with Crippen LogP contribution >= 0.6 is 0 Å². The molecule has 0 unspecified atom stereocenters. The van der Waals surface area contributed by atoms with Crippen LogP contribution < -0.4 is 51.1 Å². The zero-order chi connectivity index (χ0) is 17.9. The van der Waals surface area contributed by atoms with Crippen molar-refractivity contribution in [3.63, 3.8) is 0 Å². The Labute approximate surface area is 157 Å². The van der Waals surface area contributed by atoms with Crippen LogP contribution in [0.15, 0.2) is 0 Å². The van der Waals surface area contributed by atoms with E-state index in [0.717, 1.165) is 0 Å².